The number of nitrogens with zero attached hydrogens (tertiary/aromatic N) is 1. The number of primary sulfonamides is 1. The predicted molar refractivity (Wildman–Crippen MR) is 52.7 cm³/mol. The van der Waals surface area contributed by atoms with E-state index in [0.717, 1.165) is 0 Å². The van der Waals surface area contributed by atoms with Gasteiger partial charge in [-0.3, -0.25) is 0 Å². The maximum Gasteiger partial charge on any atom is 0.266 e. The molecule has 0 aliphatic carbocycles. The van der Waals surface area contributed by atoms with Crippen LogP contribution in [0.2, 0.25) is 0 Å². The summed E-state index contributed by atoms with van der Waals surface area (Å²) in [6.07, 6.45) is -2.30. The van der Waals surface area contributed by atoms with Crippen LogP contribution in [0.4, 0.5) is 14.5 Å². The SMILES string of the molecule is Nc1c(Br)ncc(C(F)F)c1S(N)(=O)=O. The molecule has 0 saturated heterocycles. The second kappa shape index (κ2) is 3.99. The van der Waals surface area contributed by atoms with Crippen molar-refractivity contribution in [1.82, 2.24) is 4.98 Å². The molecule has 0 fully saturated rings. The Balaban J connectivity index is 3.65. The van der Waals surface area contributed by atoms with Gasteiger partial charge in [0.1, 0.15) is 9.50 Å². The lowest BCUT2D eigenvalue weighted by atomic mass is 10.3. The summed E-state index contributed by atoms with van der Waals surface area (Å²) in [4.78, 5) is 2.67. The predicted octanol–water partition coefficient (Wildman–Crippen LogP) is 1.01. The highest BCUT2D eigenvalue weighted by molar-refractivity contribution is 9.10. The summed E-state index contributed by atoms with van der Waals surface area (Å²) in [5, 5.41) is 4.78. The maximum atomic E-state index is 12.4. The Morgan fingerprint density at radius 2 is 2.00 bits per heavy atom. The van der Waals surface area contributed by atoms with Crippen molar-refractivity contribution >= 4 is 31.6 Å². The third-order valence-electron chi connectivity index (χ3n) is 1.57. The summed E-state index contributed by atoms with van der Waals surface area (Å²) in [5.74, 6) is 0. The molecule has 0 atom stereocenters. The fourth-order valence-electron chi connectivity index (χ4n) is 0.977. The fourth-order valence-corrected chi connectivity index (χ4v) is 2.28. The average Bonchev–Trinajstić information content (AvgIpc) is 2.06. The standard InChI is InChI=1S/C6H6BrF2N3O2S/c7-5-3(10)4(15(11,13)14)2(1-12-5)6(8)9/h1,6H,10H2,(H2,11,13,14). The first-order chi connectivity index (χ1) is 6.75. The van der Waals surface area contributed by atoms with Crippen molar-refractivity contribution in [3.8, 4) is 0 Å². The first kappa shape index (κ1) is 12.3. The van der Waals surface area contributed by atoms with Gasteiger partial charge in [-0.15, -0.1) is 0 Å². The van der Waals surface area contributed by atoms with Crippen molar-refractivity contribution in [1.29, 1.82) is 0 Å². The molecule has 0 radical (unpaired) electrons. The summed E-state index contributed by atoms with van der Waals surface area (Å²) in [6.45, 7) is 0. The molecule has 0 aliphatic heterocycles. The molecule has 0 amide bonds. The monoisotopic (exact) mass is 301 g/mol. The average molecular weight is 302 g/mol. The van der Waals surface area contributed by atoms with Crippen LogP contribution >= 0.6 is 15.9 Å². The number of halogens is 3. The number of hydrogen-bond donors (Lipinski definition) is 2. The molecule has 15 heavy (non-hydrogen) atoms. The third-order valence-corrected chi connectivity index (χ3v) is 3.22. The third kappa shape index (κ3) is 2.41. The van der Waals surface area contributed by atoms with Gasteiger partial charge < -0.3 is 5.73 Å². The first-order valence-corrected chi connectivity index (χ1v) is 5.84. The second-order valence-corrected chi connectivity index (χ2v) is 4.84. The Kier molecular flexibility index (Phi) is 3.26. The zero-order chi connectivity index (χ0) is 11.8. The number of alkyl halides is 2. The number of aromatic nitrogens is 1. The van der Waals surface area contributed by atoms with Gasteiger partial charge in [-0.1, -0.05) is 0 Å². The van der Waals surface area contributed by atoms with Gasteiger partial charge in [-0.2, -0.15) is 0 Å². The number of hydrogen-bond acceptors (Lipinski definition) is 4. The van der Waals surface area contributed by atoms with Gasteiger partial charge in [0.05, 0.1) is 11.3 Å². The molecule has 1 rings (SSSR count). The molecular weight excluding hydrogens is 296 g/mol. The molecule has 0 saturated carbocycles. The molecule has 84 valence electrons. The Bertz CT molecular complexity index is 491. The van der Waals surface area contributed by atoms with Crippen LogP contribution in [0, 0.1) is 0 Å². The van der Waals surface area contributed by atoms with Gasteiger partial charge in [-0.25, -0.2) is 27.3 Å². The van der Waals surface area contributed by atoms with E-state index in [4.69, 9.17) is 10.9 Å². The van der Waals surface area contributed by atoms with Crippen molar-refractivity contribution < 1.29 is 17.2 Å². The largest absolute Gasteiger partial charge is 0.395 e. The molecule has 1 aromatic rings. The maximum absolute atomic E-state index is 12.4. The van der Waals surface area contributed by atoms with Gasteiger partial charge in [-0.05, 0) is 15.9 Å². The zero-order valence-electron chi connectivity index (χ0n) is 7.12. The number of pyridine rings is 1. The second-order valence-electron chi connectivity index (χ2n) is 2.59. The molecule has 0 aromatic carbocycles. The fraction of sp³-hybridized carbons (Fsp3) is 0.167. The molecule has 9 heteroatoms. The van der Waals surface area contributed by atoms with Gasteiger partial charge in [0.2, 0.25) is 10.0 Å². The van der Waals surface area contributed by atoms with E-state index in [-0.39, 0.29) is 4.60 Å². The summed E-state index contributed by atoms with van der Waals surface area (Å²) in [5.41, 5.74) is 4.08. The Hall–Kier alpha value is -0.800. The first-order valence-electron chi connectivity index (χ1n) is 3.50. The van der Waals surface area contributed by atoms with Crippen molar-refractivity contribution in [2.75, 3.05) is 5.73 Å². The molecular formula is C6H6BrF2N3O2S. The highest BCUT2D eigenvalue weighted by Gasteiger charge is 2.25. The van der Waals surface area contributed by atoms with Crippen LogP contribution in [0.15, 0.2) is 15.7 Å². The lowest BCUT2D eigenvalue weighted by Gasteiger charge is -2.09. The Labute approximate surface area is 92.7 Å². The quantitative estimate of drug-likeness (QED) is 0.796. The van der Waals surface area contributed by atoms with Crippen molar-refractivity contribution in [2.24, 2.45) is 5.14 Å². The van der Waals surface area contributed by atoms with Crippen molar-refractivity contribution in [3.05, 3.63) is 16.4 Å². The van der Waals surface area contributed by atoms with Gasteiger partial charge in [0.25, 0.3) is 6.43 Å². The van der Waals surface area contributed by atoms with E-state index < -0.39 is 32.6 Å². The highest BCUT2D eigenvalue weighted by Crippen LogP contribution is 2.32. The summed E-state index contributed by atoms with van der Waals surface area (Å²) in [7, 11) is -4.31. The lowest BCUT2D eigenvalue weighted by molar-refractivity contribution is 0.147. The number of nitrogens with two attached hydrogens (primary N) is 2. The molecule has 5 nitrogen and oxygen atoms in total. The number of nitrogen functional groups attached to an aromatic ring is 1. The Morgan fingerprint density at radius 1 is 1.47 bits per heavy atom. The minimum Gasteiger partial charge on any atom is -0.395 e. The number of rotatable bonds is 2. The van der Waals surface area contributed by atoms with E-state index in [1.165, 1.54) is 0 Å². The lowest BCUT2D eigenvalue weighted by Crippen LogP contribution is -2.17. The van der Waals surface area contributed by atoms with Crippen LogP contribution in [-0.4, -0.2) is 13.4 Å². The Morgan fingerprint density at radius 3 is 2.40 bits per heavy atom. The van der Waals surface area contributed by atoms with E-state index in [1.807, 2.05) is 0 Å². The highest BCUT2D eigenvalue weighted by atomic mass is 79.9. The molecule has 0 aliphatic rings. The summed E-state index contributed by atoms with van der Waals surface area (Å²) in [6, 6.07) is 0. The molecule has 1 heterocycles. The van der Waals surface area contributed by atoms with Crippen molar-refractivity contribution in [2.45, 2.75) is 11.3 Å². The minimum absolute atomic E-state index is 0.0454. The van der Waals surface area contributed by atoms with Crippen LogP contribution in [0.3, 0.4) is 0 Å². The molecule has 0 spiro atoms. The van der Waals surface area contributed by atoms with Crippen LogP contribution in [-0.2, 0) is 10.0 Å². The normalized spacial score (nSPS) is 12.1. The number of anilines is 1. The van der Waals surface area contributed by atoms with Gasteiger partial charge in [0, 0.05) is 6.20 Å². The summed E-state index contributed by atoms with van der Waals surface area (Å²) >= 11 is 2.82. The molecule has 0 unspecified atom stereocenters. The van der Waals surface area contributed by atoms with Crippen LogP contribution in [0.25, 0.3) is 0 Å². The van der Waals surface area contributed by atoms with E-state index in [0.29, 0.717) is 6.20 Å². The molecule has 1 aromatic heterocycles. The van der Waals surface area contributed by atoms with E-state index in [9.17, 15) is 17.2 Å². The van der Waals surface area contributed by atoms with E-state index in [2.05, 4.69) is 20.9 Å². The topological polar surface area (TPSA) is 99.1 Å². The van der Waals surface area contributed by atoms with Crippen LogP contribution in [0.1, 0.15) is 12.0 Å². The number of sulfonamides is 1. The van der Waals surface area contributed by atoms with Gasteiger partial charge >= 0.3 is 0 Å². The van der Waals surface area contributed by atoms with Crippen molar-refractivity contribution in [3.63, 3.8) is 0 Å². The zero-order valence-corrected chi connectivity index (χ0v) is 9.52. The minimum atomic E-state index is -4.31. The van der Waals surface area contributed by atoms with E-state index >= 15 is 0 Å². The van der Waals surface area contributed by atoms with Crippen LogP contribution < -0.4 is 10.9 Å². The molecule has 4 N–H and O–H groups in total. The smallest absolute Gasteiger partial charge is 0.266 e. The summed E-state index contributed by atoms with van der Waals surface area (Å²) < 4.78 is 46.9. The molecule has 0 bridgehead atoms. The van der Waals surface area contributed by atoms with Crippen LogP contribution in [0.5, 0.6) is 0 Å². The van der Waals surface area contributed by atoms with Gasteiger partial charge in [0.15, 0.2) is 0 Å². The van der Waals surface area contributed by atoms with E-state index in [1.54, 1.807) is 0 Å².